The van der Waals surface area contributed by atoms with Crippen molar-refractivity contribution in [3.63, 3.8) is 0 Å². The Morgan fingerprint density at radius 1 is 0.719 bits per heavy atom. The Labute approximate surface area is 201 Å². The number of benzene rings is 3. The van der Waals surface area contributed by atoms with E-state index >= 15 is 0 Å². The molecule has 0 fully saturated rings. The minimum Gasteiger partial charge on any atom is -0.334 e. The van der Waals surface area contributed by atoms with Crippen LogP contribution < -0.4 is 11.4 Å². The minimum atomic E-state index is -0.458. The zero-order chi connectivity index (χ0) is 22.6. The topological polar surface area (TPSA) is 73.8 Å². The van der Waals surface area contributed by atoms with Gasteiger partial charge in [-0.15, -0.1) is 0 Å². The molecule has 0 radical (unpaired) electrons. The van der Waals surface area contributed by atoms with E-state index in [-0.39, 0.29) is 11.2 Å². The second-order valence-electron chi connectivity index (χ2n) is 7.09. The zero-order valence-electron chi connectivity index (χ0n) is 16.1. The quantitative estimate of drug-likeness (QED) is 0.218. The molecule has 0 aliphatic carbocycles. The standard InChI is InChI=1S/C23H12Cl4N4O/c24-13-5-1-11(2-6-13)19-21-18(16-9-15(26)10-17(27)20(16)29-19)23(32)31(28)22(30-21)12-3-7-14(25)8-4-12/h1-10H,28H2. The lowest BCUT2D eigenvalue weighted by molar-refractivity contribution is 0.928. The predicted molar refractivity (Wildman–Crippen MR) is 132 cm³/mol. The number of rotatable bonds is 2. The molecular formula is C23H12Cl4N4O. The molecule has 2 N–H and O–H groups in total. The summed E-state index contributed by atoms with van der Waals surface area (Å²) in [4.78, 5) is 23.0. The molecule has 0 saturated carbocycles. The molecule has 0 unspecified atom stereocenters. The molecule has 5 aromatic rings. The van der Waals surface area contributed by atoms with Gasteiger partial charge >= 0.3 is 0 Å². The summed E-state index contributed by atoms with van der Waals surface area (Å²) in [7, 11) is 0. The molecule has 0 spiro atoms. The molecule has 9 heteroatoms. The maximum absolute atomic E-state index is 13.5. The highest BCUT2D eigenvalue weighted by Crippen LogP contribution is 2.35. The van der Waals surface area contributed by atoms with Gasteiger partial charge in [-0.2, -0.15) is 0 Å². The molecule has 2 aromatic heterocycles. The van der Waals surface area contributed by atoms with E-state index in [4.69, 9.17) is 62.2 Å². The van der Waals surface area contributed by atoms with Crippen LogP contribution in [0.5, 0.6) is 0 Å². The number of nitrogen functional groups attached to an aromatic ring is 1. The molecule has 0 aliphatic heterocycles. The highest BCUT2D eigenvalue weighted by atomic mass is 35.5. The normalized spacial score (nSPS) is 11.4. The number of fused-ring (bicyclic) bond motifs is 3. The van der Waals surface area contributed by atoms with Crippen molar-refractivity contribution < 1.29 is 0 Å². The number of pyridine rings is 1. The summed E-state index contributed by atoms with van der Waals surface area (Å²) in [5.41, 5.74) is 2.15. The molecule has 32 heavy (non-hydrogen) atoms. The molecule has 0 amide bonds. The number of nitrogens with zero attached hydrogens (tertiary/aromatic N) is 3. The zero-order valence-corrected chi connectivity index (χ0v) is 19.1. The van der Waals surface area contributed by atoms with Gasteiger partial charge in [0, 0.05) is 31.6 Å². The fraction of sp³-hybridized carbons (Fsp3) is 0. The van der Waals surface area contributed by atoms with Crippen LogP contribution >= 0.6 is 46.4 Å². The van der Waals surface area contributed by atoms with E-state index in [2.05, 4.69) is 0 Å². The maximum atomic E-state index is 13.5. The van der Waals surface area contributed by atoms with E-state index in [0.29, 0.717) is 47.8 Å². The molecular weight excluding hydrogens is 490 g/mol. The first-order chi connectivity index (χ1) is 15.3. The van der Waals surface area contributed by atoms with Gasteiger partial charge in [-0.3, -0.25) is 4.79 Å². The summed E-state index contributed by atoms with van der Waals surface area (Å²) >= 11 is 24.8. The Bertz CT molecular complexity index is 1580. The predicted octanol–water partition coefficient (Wildman–Crippen LogP) is 6.61. The van der Waals surface area contributed by atoms with Crippen molar-refractivity contribution >= 4 is 68.2 Å². The monoisotopic (exact) mass is 500 g/mol. The van der Waals surface area contributed by atoms with Crippen molar-refractivity contribution in [2.24, 2.45) is 0 Å². The fourth-order valence-electron chi connectivity index (χ4n) is 3.59. The molecule has 0 saturated heterocycles. The number of hydrogen-bond acceptors (Lipinski definition) is 4. The van der Waals surface area contributed by atoms with Crippen molar-refractivity contribution in [2.75, 3.05) is 5.84 Å². The average Bonchev–Trinajstić information content (AvgIpc) is 2.77. The van der Waals surface area contributed by atoms with Gasteiger partial charge < -0.3 is 5.84 Å². The third kappa shape index (κ3) is 3.48. The first-order valence-corrected chi connectivity index (χ1v) is 10.9. The molecule has 0 aliphatic rings. The highest BCUT2D eigenvalue weighted by molar-refractivity contribution is 6.39. The molecule has 3 aromatic carbocycles. The SMILES string of the molecule is Nn1c(-c2ccc(Cl)cc2)nc2c(-c3ccc(Cl)cc3)nc3c(Cl)cc(Cl)cc3c2c1=O. The summed E-state index contributed by atoms with van der Waals surface area (Å²) < 4.78 is 1.01. The summed E-state index contributed by atoms with van der Waals surface area (Å²) in [6.07, 6.45) is 0. The lowest BCUT2D eigenvalue weighted by Gasteiger charge is -2.14. The summed E-state index contributed by atoms with van der Waals surface area (Å²) in [6.45, 7) is 0. The molecule has 0 atom stereocenters. The first-order valence-electron chi connectivity index (χ1n) is 9.36. The van der Waals surface area contributed by atoms with E-state index in [0.717, 1.165) is 10.2 Å². The third-order valence-electron chi connectivity index (χ3n) is 5.08. The second kappa shape index (κ2) is 7.94. The Kier molecular flexibility index (Phi) is 5.22. The van der Waals surface area contributed by atoms with E-state index in [9.17, 15) is 4.79 Å². The maximum Gasteiger partial charge on any atom is 0.280 e. The first kappa shape index (κ1) is 21.0. The summed E-state index contributed by atoms with van der Waals surface area (Å²) in [5, 5.41) is 2.55. The van der Waals surface area contributed by atoms with E-state index in [1.807, 2.05) is 0 Å². The van der Waals surface area contributed by atoms with Gasteiger partial charge in [0.25, 0.3) is 5.56 Å². The van der Waals surface area contributed by atoms with E-state index < -0.39 is 5.56 Å². The van der Waals surface area contributed by atoms with Gasteiger partial charge in [-0.25, -0.2) is 14.6 Å². The molecule has 158 valence electrons. The van der Waals surface area contributed by atoms with Crippen molar-refractivity contribution in [3.05, 3.63) is 91.1 Å². The van der Waals surface area contributed by atoms with Crippen LogP contribution in [0.3, 0.4) is 0 Å². The van der Waals surface area contributed by atoms with Gasteiger partial charge in [0.1, 0.15) is 5.52 Å². The second-order valence-corrected chi connectivity index (χ2v) is 8.81. The summed E-state index contributed by atoms with van der Waals surface area (Å²) in [6, 6.07) is 17.2. The third-order valence-corrected chi connectivity index (χ3v) is 6.09. The Morgan fingerprint density at radius 2 is 1.31 bits per heavy atom. The van der Waals surface area contributed by atoms with Gasteiger partial charge in [0.2, 0.25) is 0 Å². The number of halogens is 4. The van der Waals surface area contributed by atoms with Crippen molar-refractivity contribution in [1.82, 2.24) is 14.6 Å². The van der Waals surface area contributed by atoms with Crippen LogP contribution in [0.2, 0.25) is 20.1 Å². The molecule has 2 heterocycles. The van der Waals surface area contributed by atoms with Gasteiger partial charge in [0.15, 0.2) is 5.82 Å². The van der Waals surface area contributed by atoms with E-state index in [1.165, 1.54) is 0 Å². The molecule has 0 bridgehead atoms. The summed E-state index contributed by atoms with van der Waals surface area (Å²) in [5.74, 6) is 6.47. The average molecular weight is 502 g/mol. The van der Waals surface area contributed by atoms with Crippen molar-refractivity contribution in [3.8, 4) is 22.6 Å². The van der Waals surface area contributed by atoms with Gasteiger partial charge in [-0.05, 0) is 48.5 Å². The highest BCUT2D eigenvalue weighted by Gasteiger charge is 2.20. The van der Waals surface area contributed by atoms with Crippen LogP contribution in [0.25, 0.3) is 44.5 Å². The number of hydrogen-bond donors (Lipinski definition) is 1. The van der Waals surface area contributed by atoms with Crippen LogP contribution in [0.4, 0.5) is 0 Å². The van der Waals surface area contributed by atoms with Crippen LogP contribution in [0.1, 0.15) is 0 Å². The fourth-order valence-corrected chi connectivity index (χ4v) is 4.38. The Balaban J connectivity index is 1.97. The molecule has 5 rings (SSSR count). The van der Waals surface area contributed by atoms with Gasteiger partial charge in [-0.1, -0.05) is 58.5 Å². The van der Waals surface area contributed by atoms with E-state index in [1.54, 1.807) is 60.7 Å². The van der Waals surface area contributed by atoms with Crippen LogP contribution in [0, 0.1) is 0 Å². The van der Waals surface area contributed by atoms with Crippen molar-refractivity contribution in [1.29, 1.82) is 0 Å². The Hall–Kier alpha value is -2.83. The minimum absolute atomic E-state index is 0.267. The number of nitrogens with two attached hydrogens (primary N) is 1. The Morgan fingerprint density at radius 3 is 1.94 bits per heavy atom. The molecule has 5 nitrogen and oxygen atoms in total. The lowest BCUT2D eigenvalue weighted by Crippen LogP contribution is -2.30. The van der Waals surface area contributed by atoms with Crippen LogP contribution in [-0.4, -0.2) is 14.6 Å². The number of aromatic nitrogens is 3. The van der Waals surface area contributed by atoms with Gasteiger partial charge in [0.05, 0.1) is 21.6 Å². The smallest absolute Gasteiger partial charge is 0.280 e. The van der Waals surface area contributed by atoms with Crippen LogP contribution in [-0.2, 0) is 0 Å². The lowest BCUT2D eigenvalue weighted by atomic mass is 10.0. The van der Waals surface area contributed by atoms with Crippen molar-refractivity contribution in [2.45, 2.75) is 0 Å². The largest absolute Gasteiger partial charge is 0.334 e. The van der Waals surface area contributed by atoms with Crippen LogP contribution in [0.15, 0.2) is 65.5 Å².